The molecule has 0 saturated heterocycles. The van der Waals surface area contributed by atoms with Gasteiger partial charge in [0.1, 0.15) is 0 Å². The molecule has 114 valence electrons. The molecule has 0 saturated carbocycles. The van der Waals surface area contributed by atoms with Gasteiger partial charge in [0.05, 0.1) is 23.7 Å². The number of nitrogens with two attached hydrogens (primary N) is 1. The highest BCUT2D eigenvalue weighted by Gasteiger charge is 2.08. The van der Waals surface area contributed by atoms with E-state index in [0.717, 1.165) is 5.56 Å². The summed E-state index contributed by atoms with van der Waals surface area (Å²) in [6, 6.07) is 14.3. The van der Waals surface area contributed by atoms with Crippen molar-refractivity contribution in [1.82, 2.24) is 0 Å². The molecule has 2 rings (SSSR count). The number of carbonyl (C=O) groups excluding carboxylic acids is 2. The molecule has 5 nitrogen and oxygen atoms in total. The van der Waals surface area contributed by atoms with Crippen LogP contribution in [0.4, 0.5) is 11.4 Å². The molecule has 22 heavy (non-hydrogen) atoms. The van der Waals surface area contributed by atoms with Crippen molar-refractivity contribution in [2.75, 3.05) is 17.2 Å². The molecule has 0 aliphatic rings. The molecule has 2 amide bonds. The molecule has 0 unspecified atom stereocenters. The van der Waals surface area contributed by atoms with Crippen molar-refractivity contribution in [2.45, 2.75) is 6.42 Å². The molecule has 0 spiro atoms. The summed E-state index contributed by atoms with van der Waals surface area (Å²) in [5, 5.41) is 5.72. The van der Waals surface area contributed by atoms with E-state index in [1.54, 1.807) is 18.2 Å². The Morgan fingerprint density at radius 2 is 1.73 bits per heavy atom. The van der Waals surface area contributed by atoms with E-state index in [4.69, 9.17) is 17.3 Å². The molecule has 0 aliphatic carbocycles. The normalized spacial score (nSPS) is 10.1. The number of rotatable bonds is 5. The van der Waals surface area contributed by atoms with Crippen LogP contribution >= 0.6 is 11.6 Å². The largest absolute Gasteiger partial charge is 0.326 e. The fourth-order valence-electron chi connectivity index (χ4n) is 1.89. The van der Waals surface area contributed by atoms with Gasteiger partial charge < -0.3 is 16.4 Å². The van der Waals surface area contributed by atoms with Crippen LogP contribution in [-0.2, 0) is 16.0 Å². The lowest BCUT2D eigenvalue weighted by Gasteiger charge is -2.10. The SMILES string of the molecule is NCC(=O)Nc1cc(NC(=O)Cc2ccccc2)ccc1Cl. The van der Waals surface area contributed by atoms with Crippen LogP contribution in [0.25, 0.3) is 0 Å². The molecule has 0 aliphatic heterocycles. The minimum absolute atomic E-state index is 0.138. The molecule has 0 radical (unpaired) electrons. The van der Waals surface area contributed by atoms with Crippen molar-refractivity contribution in [2.24, 2.45) is 5.73 Å². The molecule has 0 heterocycles. The van der Waals surface area contributed by atoms with Gasteiger partial charge in [-0.1, -0.05) is 41.9 Å². The molecule has 0 bridgehead atoms. The first-order valence-corrected chi connectivity index (χ1v) is 7.09. The summed E-state index contributed by atoms with van der Waals surface area (Å²) in [6.45, 7) is -0.138. The van der Waals surface area contributed by atoms with Crippen LogP contribution in [0.5, 0.6) is 0 Å². The monoisotopic (exact) mass is 317 g/mol. The zero-order chi connectivity index (χ0) is 15.9. The van der Waals surface area contributed by atoms with Gasteiger partial charge in [0.2, 0.25) is 11.8 Å². The van der Waals surface area contributed by atoms with E-state index in [1.165, 1.54) is 0 Å². The third kappa shape index (κ3) is 4.58. The van der Waals surface area contributed by atoms with E-state index in [1.807, 2.05) is 30.3 Å². The molecule has 0 fully saturated rings. The van der Waals surface area contributed by atoms with E-state index < -0.39 is 0 Å². The molecule has 2 aromatic rings. The highest BCUT2D eigenvalue weighted by Crippen LogP contribution is 2.25. The van der Waals surface area contributed by atoms with Gasteiger partial charge in [-0.25, -0.2) is 0 Å². The number of hydrogen-bond acceptors (Lipinski definition) is 3. The third-order valence-electron chi connectivity index (χ3n) is 2.92. The lowest BCUT2D eigenvalue weighted by molar-refractivity contribution is -0.116. The minimum atomic E-state index is -0.352. The van der Waals surface area contributed by atoms with Gasteiger partial charge >= 0.3 is 0 Å². The molecule has 2 aromatic carbocycles. The Hall–Kier alpha value is -2.37. The lowest BCUT2D eigenvalue weighted by Crippen LogP contribution is -2.22. The first-order valence-electron chi connectivity index (χ1n) is 6.71. The summed E-state index contributed by atoms with van der Waals surface area (Å²) in [5.74, 6) is -0.501. The highest BCUT2D eigenvalue weighted by molar-refractivity contribution is 6.33. The second-order valence-corrected chi connectivity index (χ2v) is 5.06. The predicted molar refractivity (Wildman–Crippen MR) is 87.9 cm³/mol. The number of carbonyl (C=O) groups is 2. The Bertz CT molecular complexity index is 674. The maximum Gasteiger partial charge on any atom is 0.238 e. The Morgan fingerprint density at radius 3 is 2.41 bits per heavy atom. The van der Waals surface area contributed by atoms with Gasteiger partial charge in [0.25, 0.3) is 0 Å². The first kappa shape index (κ1) is 16.0. The van der Waals surface area contributed by atoms with E-state index in [0.29, 0.717) is 16.4 Å². The minimum Gasteiger partial charge on any atom is -0.326 e. The molecular formula is C16H16ClN3O2. The van der Waals surface area contributed by atoms with Crippen LogP contribution in [0.2, 0.25) is 5.02 Å². The average molecular weight is 318 g/mol. The van der Waals surface area contributed by atoms with Gasteiger partial charge in [-0.2, -0.15) is 0 Å². The van der Waals surface area contributed by atoms with Gasteiger partial charge in [-0.05, 0) is 23.8 Å². The average Bonchev–Trinajstić information content (AvgIpc) is 2.51. The summed E-state index contributed by atoms with van der Waals surface area (Å²) in [6.07, 6.45) is 0.272. The quantitative estimate of drug-likeness (QED) is 0.791. The van der Waals surface area contributed by atoms with Crippen molar-refractivity contribution in [3.63, 3.8) is 0 Å². The topological polar surface area (TPSA) is 84.2 Å². The summed E-state index contributed by atoms with van der Waals surface area (Å²) in [7, 11) is 0. The Labute approximate surface area is 133 Å². The lowest BCUT2D eigenvalue weighted by atomic mass is 10.1. The first-order chi connectivity index (χ1) is 10.6. The van der Waals surface area contributed by atoms with Crippen molar-refractivity contribution >= 4 is 34.8 Å². The van der Waals surface area contributed by atoms with Crippen LogP contribution in [0, 0.1) is 0 Å². The molecular weight excluding hydrogens is 302 g/mol. The van der Waals surface area contributed by atoms with Gasteiger partial charge in [-0.3, -0.25) is 9.59 Å². The summed E-state index contributed by atoms with van der Waals surface area (Å²) < 4.78 is 0. The van der Waals surface area contributed by atoms with Crippen molar-refractivity contribution in [1.29, 1.82) is 0 Å². The van der Waals surface area contributed by atoms with Crippen molar-refractivity contribution in [3.8, 4) is 0 Å². The summed E-state index contributed by atoms with van der Waals surface area (Å²) in [4.78, 5) is 23.3. The molecule has 6 heteroatoms. The zero-order valence-electron chi connectivity index (χ0n) is 11.8. The Morgan fingerprint density at radius 1 is 1.00 bits per heavy atom. The van der Waals surface area contributed by atoms with Crippen molar-refractivity contribution < 1.29 is 9.59 Å². The number of anilines is 2. The fourth-order valence-corrected chi connectivity index (χ4v) is 2.05. The van der Waals surface area contributed by atoms with Gasteiger partial charge in [-0.15, -0.1) is 0 Å². The number of nitrogens with one attached hydrogen (secondary N) is 2. The summed E-state index contributed by atoms with van der Waals surface area (Å²) in [5.41, 5.74) is 7.14. The van der Waals surface area contributed by atoms with Crippen LogP contribution in [0.15, 0.2) is 48.5 Å². The highest BCUT2D eigenvalue weighted by atomic mass is 35.5. The smallest absolute Gasteiger partial charge is 0.238 e. The van der Waals surface area contributed by atoms with Gasteiger partial charge in [0.15, 0.2) is 0 Å². The molecule has 0 aromatic heterocycles. The summed E-state index contributed by atoms with van der Waals surface area (Å²) >= 11 is 6.00. The van der Waals surface area contributed by atoms with Crippen LogP contribution in [0.3, 0.4) is 0 Å². The number of benzene rings is 2. The molecule has 4 N–H and O–H groups in total. The van der Waals surface area contributed by atoms with E-state index in [2.05, 4.69) is 10.6 Å². The standard InChI is InChI=1S/C16H16ClN3O2/c17-13-7-6-12(9-14(13)20-16(22)10-18)19-15(21)8-11-4-2-1-3-5-11/h1-7,9H,8,10,18H2,(H,19,21)(H,20,22). The van der Waals surface area contributed by atoms with Gasteiger partial charge in [0, 0.05) is 5.69 Å². The van der Waals surface area contributed by atoms with E-state index in [-0.39, 0.29) is 24.8 Å². The second-order valence-electron chi connectivity index (χ2n) is 4.66. The Kier molecular flexibility index (Phi) is 5.52. The fraction of sp³-hybridized carbons (Fsp3) is 0.125. The van der Waals surface area contributed by atoms with Crippen LogP contribution in [0.1, 0.15) is 5.56 Å². The zero-order valence-corrected chi connectivity index (χ0v) is 12.6. The Balaban J connectivity index is 2.04. The van der Waals surface area contributed by atoms with Crippen LogP contribution in [-0.4, -0.2) is 18.4 Å². The number of halogens is 1. The maximum absolute atomic E-state index is 12.0. The predicted octanol–water partition coefficient (Wildman–Crippen LogP) is 2.42. The number of hydrogen-bond donors (Lipinski definition) is 3. The van der Waals surface area contributed by atoms with E-state index >= 15 is 0 Å². The third-order valence-corrected chi connectivity index (χ3v) is 3.25. The molecule has 0 atom stereocenters. The maximum atomic E-state index is 12.0. The van der Waals surface area contributed by atoms with Crippen molar-refractivity contribution in [3.05, 3.63) is 59.1 Å². The number of amides is 2. The second kappa shape index (κ2) is 7.59. The van der Waals surface area contributed by atoms with E-state index in [9.17, 15) is 9.59 Å². The van der Waals surface area contributed by atoms with Crippen LogP contribution < -0.4 is 16.4 Å².